The predicted molar refractivity (Wildman–Crippen MR) is 198 cm³/mol. The summed E-state index contributed by atoms with van der Waals surface area (Å²) < 4.78 is 67.9. The fourth-order valence-corrected chi connectivity index (χ4v) is 10.0. The summed E-state index contributed by atoms with van der Waals surface area (Å²) in [6.07, 6.45) is -6.53. The zero-order valence-electron chi connectivity index (χ0n) is 32.5. The largest absolute Gasteiger partial charge is 0.483 e. The highest BCUT2D eigenvalue weighted by Gasteiger charge is 2.51. The normalized spacial score (nSPS) is 39.4. The molecule has 2 fully saturated rings. The number of carbonyl (C=O) groups is 1. The van der Waals surface area contributed by atoms with E-state index < -0.39 is 99.8 Å². The van der Waals surface area contributed by atoms with E-state index in [-0.39, 0.29) is 35.1 Å². The highest BCUT2D eigenvalue weighted by atomic mass is 32.2. The van der Waals surface area contributed by atoms with E-state index in [1.165, 1.54) is 61.2 Å². The molecule has 0 unspecified atom stereocenters. The van der Waals surface area contributed by atoms with Crippen molar-refractivity contribution >= 4 is 27.3 Å². The van der Waals surface area contributed by atoms with Crippen molar-refractivity contribution < 1.29 is 57.0 Å². The number of aliphatic hydroxyl groups is 4. The van der Waals surface area contributed by atoms with Gasteiger partial charge in [-0.15, -0.1) is 11.3 Å². The number of thiazole rings is 1. The molecule has 2 aromatic rings. The third-order valence-corrected chi connectivity index (χ3v) is 14.0. The van der Waals surface area contributed by atoms with Gasteiger partial charge in [0.05, 0.1) is 47.6 Å². The average molecular weight is 804 g/mol. The number of hydrogen-bond donors (Lipinski definition) is 5. The zero-order chi connectivity index (χ0) is 40.3. The lowest BCUT2D eigenvalue weighted by atomic mass is 9.78. The first-order chi connectivity index (χ1) is 25.1. The van der Waals surface area contributed by atoms with Gasteiger partial charge in [-0.3, -0.25) is 9.78 Å². The molecule has 0 bridgehead atoms. The lowest BCUT2D eigenvalue weighted by Gasteiger charge is -2.47. The van der Waals surface area contributed by atoms with E-state index in [4.69, 9.17) is 18.9 Å². The lowest BCUT2D eigenvalue weighted by molar-refractivity contribution is -0.293. The summed E-state index contributed by atoms with van der Waals surface area (Å²) in [4.78, 5) is 17.5. The van der Waals surface area contributed by atoms with Gasteiger partial charge < -0.3 is 44.7 Å². The molecule has 14 atom stereocenters. The number of hydrogen-bond acceptors (Lipinski definition) is 14. The van der Waals surface area contributed by atoms with Crippen molar-refractivity contribution in [3.05, 3.63) is 41.8 Å². The van der Waals surface area contributed by atoms with E-state index in [1.54, 1.807) is 34.6 Å². The van der Waals surface area contributed by atoms with Crippen LogP contribution in [0.3, 0.4) is 0 Å². The average Bonchev–Trinajstić information content (AvgIpc) is 3.67. The highest BCUT2D eigenvalue weighted by molar-refractivity contribution is 7.91. The standard InChI is InChI=1S/C37H58FN3O11S2/c1-10-28-37(8,46)32(43)24(6)40-17-20(2)16-36(7,45)33(22(4)30(42)23(5)34(44)51-28)52-35-31(50-26-13-11-25(38)12-14-26)27(15-21(3)49-35)41(9)54(47,48)29-18-39-19-53-29/h11-14,18-24,27-28,30-33,35,40,42-43,45-46H,10,15-17H2,1-9H3/t20-,21-,22+,23-,24-,27+,28-,30+,31-,32-,33-,35+,36-,37-/m1/s1. The monoisotopic (exact) mass is 803 g/mol. The maximum Gasteiger partial charge on any atom is 0.311 e. The molecule has 3 heterocycles. The van der Waals surface area contributed by atoms with Gasteiger partial charge in [-0.05, 0) is 90.6 Å². The first-order valence-corrected chi connectivity index (χ1v) is 20.8. The van der Waals surface area contributed by atoms with Crippen LogP contribution in [-0.2, 0) is 29.0 Å². The van der Waals surface area contributed by atoms with Crippen molar-refractivity contribution in [2.45, 2.75) is 145 Å². The Labute approximate surface area is 322 Å². The first kappa shape index (κ1) is 44.4. The van der Waals surface area contributed by atoms with E-state index in [2.05, 4.69) is 10.3 Å². The molecule has 0 aliphatic carbocycles. The number of cyclic esters (lactones) is 1. The van der Waals surface area contributed by atoms with Crippen LogP contribution in [0.15, 0.2) is 40.2 Å². The molecule has 2 saturated heterocycles. The number of benzene rings is 1. The van der Waals surface area contributed by atoms with Gasteiger partial charge in [-0.1, -0.05) is 20.8 Å². The molecular formula is C37H58FN3O11S2. The molecule has 306 valence electrons. The van der Waals surface area contributed by atoms with Crippen LogP contribution in [-0.4, -0.2) is 124 Å². The number of halogens is 1. The van der Waals surface area contributed by atoms with Crippen LogP contribution >= 0.6 is 11.3 Å². The van der Waals surface area contributed by atoms with Gasteiger partial charge in [0.25, 0.3) is 10.0 Å². The van der Waals surface area contributed by atoms with Crippen molar-refractivity contribution in [3.63, 3.8) is 0 Å². The Bertz CT molecular complexity index is 1610. The molecule has 0 spiro atoms. The van der Waals surface area contributed by atoms with Gasteiger partial charge in [0.15, 0.2) is 16.6 Å². The number of sulfonamides is 1. The molecule has 5 N–H and O–H groups in total. The smallest absolute Gasteiger partial charge is 0.311 e. The van der Waals surface area contributed by atoms with Gasteiger partial charge in [-0.2, -0.15) is 4.31 Å². The fraction of sp³-hybridized carbons (Fsp3) is 0.730. The molecule has 0 radical (unpaired) electrons. The summed E-state index contributed by atoms with van der Waals surface area (Å²) >= 11 is 0.959. The van der Waals surface area contributed by atoms with Gasteiger partial charge in [0.1, 0.15) is 29.4 Å². The number of esters is 1. The van der Waals surface area contributed by atoms with E-state index >= 15 is 0 Å². The number of carbonyl (C=O) groups excluding carboxylic acids is 1. The predicted octanol–water partition coefficient (Wildman–Crippen LogP) is 3.07. The maximum absolute atomic E-state index is 13.9. The van der Waals surface area contributed by atoms with Crippen molar-refractivity contribution in [1.82, 2.24) is 14.6 Å². The summed E-state index contributed by atoms with van der Waals surface area (Å²) in [7, 11) is -2.66. The summed E-state index contributed by atoms with van der Waals surface area (Å²) in [5.74, 6) is -3.53. The Morgan fingerprint density at radius 3 is 2.35 bits per heavy atom. The van der Waals surface area contributed by atoms with Gasteiger partial charge in [0.2, 0.25) is 0 Å². The van der Waals surface area contributed by atoms with E-state index in [1.807, 2.05) is 6.92 Å². The van der Waals surface area contributed by atoms with Crippen LogP contribution in [0.2, 0.25) is 0 Å². The van der Waals surface area contributed by atoms with Crippen LogP contribution in [0, 0.1) is 23.6 Å². The third kappa shape index (κ3) is 9.97. The molecule has 1 aromatic carbocycles. The third-order valence-electron chi connectivity index (χ3n) is 10.9. The van der Waals surface area contributed by atoms with E-state index in [0.717, 1.165) is 11.3 Å². The summed E-state index contributed by atoms with van der Waals surface area (Å²) in [5.41, 5.74) is -2.12. The number of nitrogens with one attached hydrogen (secondary N) is 1. The molecule has 0 saturated carbocycles. The van der Waals surface area contributed by atoms with Crippen molar-refractivity contribution in [2.24, 2.45) is 17.8 Å². The molecular weight excluding hydrogens is 746 g/mol. The maximum atomic E-state index is 13.9. The van der Waals surface area contributed by atoms with Crippen molar-refractivity contribution in [3.8, 4) is 5.75 Å². The van der Waals surface area contributed by atoms with Gasteiger partial charge in [-0.25, -0.2) is 12.8 Å². The second-order valence-electron chi connectivity index (χ2n) is 15.6. The van der Waals surface area contributed by atoms with E-state index in [9.17, 15) is 38.0 Å². The van der Waals surface area contributed by atoms with Crippen LogP contribution in [0.4, 0.5) is 4.39 Å². The van der Waals surface area contributed by atoms with E-state index in [0.29, 0.717) is 6.54 Å². The number of nitrogens with zero attached hydrogens (tertiary/aromatic N) is 2. The second kappa shape index (κ2) is 17.9. The zero-order valence-corrected chi connectivity index (χ0v) is 34.1. The number of rotatable bonds is 8. The molecule has 17 heteroatoms. The Morgan fingerprint density at radius 2 is 1.76 bits per heavy atom. The fourth-order valence-electron chi connectivity index (χ4n) is 7.65. The number of likely N-dealkylation sites (N-methyl/N-ethyl adjacent to an activating group) is 1. The van der Waals surface area contributed by atoms with Crippen molar-refractivity contribution in [1.29, 1.82) is 0 Å². The lowest BCUT2D eigenvalue weighted by Crippen LogP contribution is -2.61. The van der Waals surface area contributed by atoms with Crippen LogP contribution in [0.25, 0.3) is 0 Å². The minimum atomic E-state index is -4.08. The number of ether oxygens (including phenoxy) is 4. The minimum absolute atomic E-state index is 0.0146. The molecule has 2 aliphatic rings. The van der Waals surface area contributed by atoms with Crippen LogP contribution in [0.1, 0.15) is 74.7 Å². The molecule has 1 aromatic heterocycles. The SMILES string of the molecule is CC[C@H]1OC(=O)[C@H](C)[C@@H](O)[C@H](C)[C@@H](O[C@@H]2O[C@H](C)C[C@H](N(C)S(=O)(=O)c3cncs3)[C@H]2Oc2ccc(F)cc2)[C@](C)(O)C[C@@H](C)CN[C@H](C)[C@@H](O)[C@]1(C)O. The number of aromatic nitrogens is 1. The topological polar surface area (TPSA) is 197 Å². The Hall–Kier alpha value is -2.32. The number of aliphatic hydroxyl groups excluding tert-OH is 2. The summed E-state index contributed by atoms with van der Waals surface area (Å²) in [6, 6.07) is 3.65. The summed E-state index contributed by atoms with van der Waals surface area (Å²) in [5, 5.41) is 49.8. The molecule has 4 rings (SSSR count). The molecule has 54 heavy (non-hydrogen) atoms. The van der Waals surface area contributed by atoms with Crippen LogP contribution in [0.5, 0.6) is 5.75 Å². The molecule has 14 nitrogen and oxygen atoms in total. The molecule has 0 amide bonds. The minimum Gasteiger partial charge on any atom is -0.483 e. The summed E-state index contributed by atoms with van der Waals surface area (Å²) in [6.45, 7) is 13.4. The second-order valence-corrected chi connectivity index (χ2v) is 18.7. The highest BCUT2D eigenvalue weighted by Crippen LogP contribution is 2.38. The van der Waals surface area contributed by atoms with Crippen molar-refractivity contribution in [2.75, 3.05) is 13.6 Å². The quantitative estimate of drug-likeness (QED) is 0.245. The van der Waals surface area contributed by atoms with Gasteiger partial charge in [0, 0.05) is 19.0 Å². The van der Waals surface area contributed by atoms with Crippen LogP contribution < -0.4 is 10.1 Å². The Balaban J connectivity index is 1.77. The first-order valence-electron chi connectivity index (χ1n) is 18.5. The Kier molecular flexibility index (Phi) is 14.7. The molecule has 2 aliphatic heterocycles. The Morgan fingerprint density at radius 1 is 1.11 bits per heavy atom. The van der Waals surface area contributed by atoms with Gasteiger partial charge >= 0.3 is 5.97 Å².